The van der Waals surface area contributed by atoms with Gasteiger partial charge < -0.3 is 15.2 Å². The van der Waals surface area contributed by atoms with Crippen LogP contribution in [0.4, 0.5) is 0 Å². The molecule has 0 aromatic carbocycles. The van der Waals surface area contributed by atoms with Crippen LogP contribution >= 0.6 is 0 Å². The highest BCUT2D eigenvalue weighted by Gasteiger charge is 2.11. The van der Waals surface area contributed by atoms with Gasteiger partial charge in [-0.3, -0.25) is 4.79 Å². The van der Waals surface area contributed by atoms with Gasteiger partial charge in [-0.05, 0) is 27.7 Å². The molecule has 0 radical (unpaired) electrons. The van der Waals surface area contributed by atoms with E-state index in [0.717, 1.165) is 0 Å². The van der Waals surface area contributed by atoms with Crippen LogP contribution < -0.4 is 5.73 Å². The Morgan fingerprint density at radius 2 is 1.92 bits per heavy atom. The molecule has 0 unspecified atom stereocenters. The van der Waals surface area contributed by atoms with E-state index < -0.39 is 12.0 Å². The Morgan fingerprint density at radius 3 is 2.31 bits per heavy atom. The molecule has 4 nitrogen and oxygen atoms in total. The van der Waals surface area contributed by atoms with Crippen molar-refractivity contribution in [3.63, 3.8) is 0 Å². The third kappa shape index (κ3) is 7.74. The van der Waals surface area contributed by atoms with E-state index in [0.29, 0.717) is 6.61 Å². The first-order valence-corrected chi connectivity index (χ1v) is 4.39. The summed E-state index contributed by atoms with van der Waals surface area (Å²) in [4.78, 5) is 10.9. The molecule has 1 atom stereocenters. The third-order valence-corrected chi connectivity index (χ3v) is 1.23. The topological polar surface area (TPSA) is 61.6 Å². The average molecular weight is 189 g/mol. The summed E-state index contributed by atoms with van der Waals surface area (Å²) in [5.41, 5.74) is 5.09. The minimum atomic E-state index is -0.561. The zero-order chi connectivity index (χ0) is 10.5. The Hall–Kier alpha value is -0.610. The summed E-state index contributed by atoms with van der Waals surface area (Å²) >= 11 is 0. The first-order valence-electron chi connectivity index (χ1n) is 4.39. The Kier molecular flexibility index (Phi) is 4.95. The van der Waals surface area contributed by atoms with Crippen molar-refractivity contribution in [2.75, 3.05) is 13.2 Å². The van der Waals surface area contributed by atoms with Crippen LogP contribution in [0.5, 0.6) is 0 Å². The van der Waals surface area contributed by atoms with Crippen LogP contribution in [0.15, 0.2) is 0 Å². The second-order valence-electron chi connectivity index (χ2n) is 3.92. The number of esters is 1. The van der Waals surface area contributed by atoms with Gasteiger partial charge in [-0.2, -0.15) is 0 Å². The van der Waals surface area contributed by atoms with Gasteiger partial charge in [0, 0.05) is 0 Å². The number of rotatable bonds is 4. The van der Waals surface area contributed by atoms with Crippen molar-refractivity contribution in [1.82, 2.24) is 0 Å². The fraction of sp³-hybridized carbons (Fsp3) is 0.889. The van der Waals surface area contributed by atoms with Gasteiger partial charge in [-0.1, -0.05) is 0 Å². The minimum Gasteiger partial charge on any atom is -0.462 e. The highest BCUT2D eigenvalue weighted by atomic mass is 16.6. The van der Waals surface area contributed by atoms with Crippen molar-refractivity contribution >= 4 is 5.97 Å². The molecule has 0 aromatic heterocycles. The zero-order valence-corrected chi connectivity index (χ0v) is 8.79. The lowest BCUT2D eigenvalue weighted by molar-refractivity contribution is -0.147. The summed E-state index contributed by atoms with van der Waals surface area (Å²) < 4.78 is 10.2. The highest BCUT2D eigenvalue weighted by Crippen LogP contribution is 2.05. The smallest absolute Gasteiger partial charge is 0.322 e. The van der Waals surface area contributed by atoms with E-state index in [2.05, 4.69) is 0 Å². The van der Waals surface area contributed by atoms with Crippen molar-refractivity contribution in [3.05, 3.63) is 0 Å². The summed E-state index contributed by atoms with van der Waals surface area (Å²) in [5.74, 6) is -0.391. The Balaban J connectivity index is 3.42. The number of hydrogen-bond acceptors (Lipinski definition) is 4. The fourth-order valence-corrected chi connectivity index (χ4v) is 0.622. The molecule has 0 aliphatic heterocycles. The van der Waals surface area contributed by atoms with Gasteiger partial charge in [-0.25, -0.2) is 0 Å². The molecule has 2 N–H and O–H groups in total. The van der Waals surface area contributed by atoms with E-state index in [1.54, 1.807) is 6.92 Å². The molecule has 78 valence electrons. The van der Waals surface area contributed by atoms with Crippen molar-refractivity contribution in [2.45, 2.75) is 39.3 Å². The van der Waals surface area contributed by atoms with E-state index >= 15 is 0 Å². The summed E-state index contributed by atoms with van der Waals surface area (Å²) in [6, 6.07) is -0.561. The second kappa shape index (κ2) is 5.19. The molecule has 0 spiro atoms. The molecule has 0 bridgehead atoms. The summed E-state index contributed by atoms with van der Waals surface area (Å²) in [6.45, 7) is 8.09. The highest BCUT2D eigenvalue weighted by molar-refractivity contribution is 5.74. The zero-order valence-electron chi connectivity index (χ0n) is 8.79. The van der Waals surface area contributed by atoms with Crippen LogP contribution in [0.1, 0.15) is 27.7 Å². The first-order chi connectivity index (χ1) is 5.83. The summed E-state index contributed by atoms with van der Waals surface area (Å²) in [5, 5.41) is 0. The van der Waals surface area contributed by atoms with Gasteiger partial charge in [0.05, 0.1) is 12.2 Å². The number of carbonyl (C=O) groups excluding carboxylic acids is 1. The Morgan fingerprint density at radius 1 is 1.38 bits per heavy atom. The second-order valence-corrected chi connectivity index (χ2v) is 3.92. The predicted octanol–water partition coefficient (Wildman–Crippen LogP) is 0.692. The number of carbonyl (C=O) groups is 1. The quantitative estimate of drug-likeness (QED) is 0.522. The van der Waals surface area contributed by atoms with Gasteiger partial charge in [0.1, 0.15) is 12.6 Å². The van der Waals surface area contributed by atoms with Gasteiger partial charge in [0.15, 0.2) is 0 Å². The predicted molar refractivity (Wildman–Crippen MR) is 50.3 cm³/mol. The molecule has 0 aliphatic rings. The van der Waals surface area contributed by atoms with E-state index in [9.17, 15) is 4.79 Å². The van der Waals surface area contributed by atoms with Crippen LogP contribution in [0.2, 0.25) is 0 Å². The van der Waals surface area contributed by atoms with E-state index in [-0.39, 0.29) is 12.2 Å². The summed E-state index contributed by atoms with van der Waals surface area (Å²) in [7, 11) is 0. The van der Waals surface area contributed by atoms with E-state index in [1.165, 1.54) is 0 Å². The van der Waals surface area contributed by atoms with Crippen LogP contribution in [-0.2, 0) is 14.3 Å². The largest absolute Gasteiger partial charge is 0.462 e. The lowest BCUT2D eigenvalue weighted by Crippen LogP contribution is -2.30. The Bertz CT molecular complexity index is 161. The van der Waals surface area contributed by atoms with Crippen molar-refractivity contribution in [3.8, 4) is 0 Å². The molecule has 0 fully saturated rings. The SMILES string of the molecule is C[C@@H](N)C(=O)OCCOC(C)(C)C. The van der Waals surface area contributed by atoms with Crippen LogP contribution in [-0.4, -0.2) is 30.8 Å². The normalized spacial score (nSPS) is 13.9. The molecule has 0 saturated carbocycles. The number of nitrogens with two attached hydrogens (primary N) is 1. The van der Waals surface area contributed by atoms with Crippen LogP contribution in [0, 0.1) is 0 Å². The maximum absolute atomic E-state index is 10.9. The van der Waals surface area contributed by atoms with Crippen molar-refractivity contribution in [2.24, 2.45) is 5.73 Å². The standard InChI is InChI=1S/C9H19NO3/c1-7(10)8(11)12-5-6-13-9(2,3)4/h7H,5-6,10H2,1-4H3/t7-/m1/s1. The van der Waals surface area contributed by atoms with Gasteiger partial charge in [0.2, 0.25) is 0 Å². The van der Waals surface area contributed by atoms with Crippen LogP contribution in [0.25, 0.3) is 0 Å². The molecule has 0 amide bonds. The lowest BCUT2D eigenvalue weighted by Gasteiger charge is -2.19. The average Bonchev–Trinajstić information content (AvgIpc) is 1.95. The van der Waals surface area contributed by atoms with Gasteiger partial charge in [0.25, 0.3) is 0 Å². The molecule has 0 aromatic rings. The van der Waals surface area contributed by atoms with E-state index in [1.807, 2.05) is 20.8 Å². The monoisotopic (exact) mass is 189 g/mol. The molecule has 13 heavy (non-hydrogen) atoms. The van der Waals surface area contributed by atoms with Crippen LogP contribution in [0.3, 0.4) is 0 Å². The number of ether oxygens (including phenoxy) is 2. The molecule has 0 rings (SSSR count). The molecule has 0 aliphatic carbocycles. The van der Waals surface area contributed by atoms with Crippen molar-refractivity contribution < 1.29 is 14.3 Å². The molecule has 0 saturated heterocycles. The van der Waals surface area contributed by atoms with Crippen molar-refractivity contribution in [1.29, 1.82) is 0 Å². The maximum Gasteiger partial charge on any atom is 0.322 e. The molecular weight excluding hydrogens is 170 g/mol. The minimum absolute atomic E-state index is 0.194. The Labute approximate surface area is 79.4 Å². The molecule has 0 heterocycles. The molecule has 4 heteroatoms. The number of hydrogen-bond donors (Lipinski definition) is 1. The third-order valence-electron chi connectivity index (χ3n) is 1.23. The first kappa shape index (κ1) is 12.4. The molecular formula is C9H19NO3. The maximum atomic E-state index is 10.9. The van der Waals surface area contributed by atoms with Gasteiger partial charge >= 0.3 is 5.97 Å². The fourth-order valence-electron chi connectivity index (χ4n) is 0.622. The van der Waals surface area contributed by atoms with E-state index in [4.69, 9.17) is 15.2 Å². The lowest BCUT2D eigenvalue weighted by atomic mass is 10.2. The summed E-state index contributed by atoms with van der Waals surface area (Å²) in [6.07, 6.45) is 0. The van der Waals surface area contributed by atoms with Gasteiger partial charge in [-0.15, -0.1) is 0 Å².